The molecule has 0 bridgehead atoms. The van der Waals surface area contributed by atoms with Gasteiger partial charge in [0.2, 0.25) is 11.8 Å². The van der Waals surface area contributed by atoms with E-state index in [1.54, 1.807) is 43.3 Å². The molecule has 11 heteroatoms. The zero-order valence-electron chi connectivity index (χ0n) is 27.9. The minimum absolute atomic E-state index is 0.141. The molecule has 2 aliphatic rings. The number of fused-ring (bicyclic) bond motifs is 1. The van der Waals surface area contributed by atoms with Crippen molar-refractivity contribution in [3.8, 4) is 0 Å². The Labute approximate surface area is 224 Å². The lowest BCUT2D eigenvalue weighted by molar-refractivity contribution is -0.589. The fraction of sp³-hybridized carbons (Fsp3) is 0.308. The first-order chi connectivity index (χ1) is 20.9. The lowest BCUT2D eigenvalue weighted by Crippen LogP contribution is -2.51. The molecule has 2 atom stereocenters. The Balaban J connectivity index is 1.43. The lowest BCUT2D eigenvalue weighted by Gasteiger charge is -2.35. The number of rotatable bonds is 5. The number of anilines is 2. The molecule has 1 fully saturated rings. The largest absolute Gasteiger partial charge is 0.347 e. The van der Waals surface area contributed by atoms with Crippen LogP contribution in [0.25, 0.3) is 6.08 Å². The van der Waals surface area contributed by atoms with Crippen LogP contribution in [0.4, 0.5) is 16.2 Å². The molecular formula is C26H28FN10+. The van der Waals surface area contributed by atoms with Crippen LogP contribution in [0.15, 0.2) is 55.4 Å². The highest BCUT2D eigenvalue weighted by Gasteiger charge is 2.29. The standard InChI is InChI=1S/C26H28FN10/c1-26(28,20-3-5-22(27)6-4-20)21-13-29-25(30-14-21)36-9-7-35(8-10-36)24-23-11-18(16-37(23)33-17-31-24)19-12-32-34(2)15-19/h3-6,11-18H,7-10,28H2,1-2H3/q+1/i7D2,8D2,9D2,10D2. The average molecular weight is 508 g/mol. The normalized spacial score (nSPS) is 27.3. The summed E-state index contributed by atoms with van der Waals surface area (Å²) in [5.74, 6) is -1.82. The van der Waals surface area contributed by atoms with E-state index in [-0.39, 0.29) is 16.1 Å². The summed E-state index contributed by atoms with van der Waals surface area (Å²) in [7, 11) is 1.74. The molecular weight excluding hydrogens is 471 g/mol. The van der Waals surface area contributed by atoms with Gasteiger partial charge in [0, 0.05) is 73.9 Å². The molecule has 1 aromatic carbocycles. The molecule has 0 spiro atoms. The van der Waals surface area contributed by atoms with Gasteiger partial charge >= 0.3 is 0 Å². The molecule has 4 aromatic rings. The summed E-state index contributed by atoms with van der Waals surface area (Å²) in [5.41, 5.74) is 6.86. The van der Waals surface area contributed by atoms with Crippen LogP contribution >= 0.6 is 0 Å². The summed E-state index contributed by atoms with van der Waals surface area (Å²) in [5, 5.41) is 8.46. The number of hydrogen-bond donors (Lipinski definition) is 1. The van der Waals surface area contributed by atoms with E-state index >= 15 is 0 Å². The number of nitrogens with zero attached hydrogens (tertiary/aromatic N) is 9. The predicted octanol–water partition coefficient (Wildman–Crippen LogP) is 0.563. The van der Waals surface area contributed by atoms with Crippen molar-refractivity contribution in [1.82, 2.24) is 29.8 Å². The average Bonchev–Trinajstić information content (AvgIpc) is 3.59. The SMILES string of the molecule is [2H]C1([2H])N(c2ncc(C(C)(N)c3ccc(F)cc3)cn2)C([2H])([2H])C([2H])([2H])N(c2ncn[n+]3c2=CC(c2cnn(C)c2)C=3)C1([2H])[2H]. The summed E-state index contributed by atoms with van der Waals surface area (Å²) < 4.78 is 87.8. The molecule has 37 heavy (non-hydrogen) atoms. The first-order valence-corrected chi connectivity index (χ1v) is 11.3. The van der Waals surface area contributed by atoms with Gasteiger partial charge in [-0.1, -0.05) is 16.5 Å². The molecule has 5 heterocycles. The number of aryl methyl sites for hydroxylation is 1. The Morgan fingerprint density at radius 1 is 1.03 bits per heavy atom. The van der Waals surface area contributed by atoms with Crippen molar-refractivity contribution in [2.24, 2.45) is 12.8 Å². The highest BCUT2D eigenvalue weighted by atomic mass is 19.1. The third-order valence-electron chi connectivity index (χ3n) is 6.22. The van der Waals surface area contributed by atoms with E-state index in [1.165, 1.54) is 41.0 Å². The topological polar surface area (TPSA) is 108 Å². The van der Waals surface area contributed by atoms with E-state index in [4.69, 9.17) is 16.7 Å². The molecule has 0 saturated carbocycles. The van der Waals surface area contributed by atoms with E-state index < -0.39 is 49.2 Å². The van der Waals surface area contributed by atoms with Gasteiger partial charge in [-0.25, -0.2) is 19.3 Å². The fourth-order valence-electron chi connectivity index (χ4n) is 4.10. The number of aromatic nitrogens is 7. The summed E-state index contributed by atoms with van der Waals surface area (Å²) in [6, 6.07) is 5.45. The highest BCUT2D eigenvalue weighted by Crippen LogP contribution is 2.26. The Hall–Kier alpha value is -4.25. The van der Waals surface area contributed by atoms with Gasteiger partial charge in [-0.15, -0.1) is 0 Å². The van der Waals surface area contributed by atoms with Crippen LogP contribution in [0, 0.1) is 12.0 Å². The number of piperazine rings is 1. The Morgan fingerprint density at radius 3 is 2.41 bits per heavy atom. The second-order valence-corrected chi connectivity index (χ2v) is 8.80. The van der Waals surface area contributed by atoms with Crippen molar-refractivity contribution in [3.05, 3.63) is 89.5 Å². The molecule has 2 aliphatic heterocycles. The van der Waals surface area contributed by atoms with E-state index in [9.17, 15) is 4.39 Å². The van der Waals surface area contributed by atoms with Crippen LogP contribution < -0.4 is 25.2 Å². The molecule has 0 aliphatic carbocycles. The van der Waals surface area contributed by atoms with Gasteiger partial charge in [-0.3, -0.25) is 4.68 Å². The maximum atomic E-state index is 13.5. The van der Waals surface area contributed by atoms with Gasteiger partial charge in [0.15, 0.2) is 12.5 Å². The number of halogens is 1. The molecule has 0 amide bonds. The van der Waals surface area contributed by atoms with E-state index in [1.807, 2.05) is 0 Å². The van der Waals surface area contributed by atoms with Crippen LogP contribution in [-0.2, 0) is 12.6 Å². The monoisotopic (exact) mass is 507 g/mol. The number of hydrogen-bond acceptors (Lipinski definition) is 8. The lowest BCUT2D eigenvalue weighted by atomic mass is 9.87. The third kappa shape index (κ3) is 4.31. The summed E-state index contributed by atoms with van der Waals surface area (Å²) in [6.07, 6.45) is 10.2. The molecule has 1 saturated heterocycles. The van der Waals surface area contributed by atoms with Crippen molar-refractivity contribution >= 4 is 17.8 Å². The first-order valence-electron chi connectivity index (χ1n) is 15.3. The smallest absolute Gasteiger partial charge is 0.277 e. The van der Waals surface area contributed by atoms with Gasteiger partial charge in [0.25, 0.3) is 5.35 Å². The Kier molecular flexibility index (Phi) is 3.84. The van der Waals surface area contributed by atoms with Crippen molar-refractivity contribution in [2.75, 3.05) is 35.8 Å². The van der Waals surface area contributed by atoms with Gasteiger partial charge in [-0.2, -0.15) is 5.10 Å². The van der Waals surface area contributed by atoms with Crippen LogP contribution in [0.1, 0.15) is 40.5 Å². The summed E-state index contributed by atoms with van der Waals surface area (Å²) in [4.78, 5) is 13.0. The van der Waals surface area contributed by atoms with Gasteiger partial charge in [-0.05, 0) is 24.6 Å². The Bertz CT molecular complexity index is 1870. The molecule has 2 unspecified atom stereocenters. The first kappa shape index (κ1) is 15.8. The number of nitrogens with two attached hydrogens (primary N) is 1. The maximum absolute atomic E-state index is 13.5. The zero-order chi connectivity index (χ0) is 32.7. The minimum Gasteiger partial charge on any atom is -0.347 e. The van der Waals surface area contributed by atoms with E-state index in [2.05, 4.69) is 25.1 Å². The Morgan fingerprint density at radius 2 is 1.73 bits per heavy atom. The second kappa shape index (κ2) is 9.00. The van der Waals surface area contributed by atoms with Crippen LogP contribution in [0.2, 0.25) is 0 Å². The third-order valence-corrected chi connectivity index (χ3v) is 6.22. The molecule has 3 aromatic heterocycles. The fourth-order valence-corrected chi connectivity index (χ4v) is 4.10. The molecule has 2 N–H and O–H groups in total. The van der Waals surface area contributed by atoms with Crippen molar-refractivity contribution in [1.29, 1.82) is 0 Å². The summed E-state index contributed by atoms with van der Waals surface area (Å²) >= 11 is 0. The van der Waals surface area contributed by atoms with Crippen LogP contribution in [0.3, 0.4) is 0 Å². The molecule has 6 rings (SSSR count). The summed E-state index contributed by atoms with van der Waals surface area (Å²) in [6.45, 7) is -11.4. The highest BCUT2D eigenvalue weighted by molar-refractivity contribution is 5.48. The zero-order valence-corrected chi connectivity index (χ0v) is 19.9. The van der Waals surface area contributed by atoms with Crippen molar-refractivity contribution < 1.29 is 19.7 Å². The maximum Gasteiger partial charge on any atom is 0.277 e. The predicted molar refractivity (Wildman–Crippen MR) is 135 cm³/mol. The van der Waals surface area contributed by atoms with Crippen LogP contribution in [0.5, 0.6) is 0 Å². The second-order valence-electron chi connectivity index (χ2n) is 8.80. The molecule has 10 nitrogen and oxygen atoms in total. The quantitative estimate of drug-likeness (QED) is 0.391. The molecule has 188 valence electrons. The number of benzene rings is 1. The van der Waals surface area contributed by atoms with Crippen LogP contribution in [-0.4, -0.2) is 55.8 Å². The minimum atomic E-state index is -3.26. The van der Waals surface area contributed by atoms with E-state index in [0.29, 0.717) is 16.0 Å². The van der Waals surface area contributed by atoms with Crippen molar-refractivity contribution in [2.45, 2.75) is 18.4 Å². The van der Waals surface area contributed by atoms with Gasteiger partial charge in [0.1, 0.15) is 5.82 Å². The van der Waals surface area contributed by atoms with Gasteiger partial charge < -0.3 is 15.5 Å². The molecule has 0 radical (unpaired) electrons. The van der Waals surface area contributed by atoms with Gasteiger partial charge in [0.05, 0.1) is 28.6 Å². The van der Waals surface area contributed by atoms with E-state index in [0.717, 1.165) is 11.9 Å². The van der Waals surface area contributed by atoms with Crippen molar-refractivity contribution in [3.63, 3.8) is 0 Å².